The van der Waals surface area contributed by atoms with Gasteiger partial charge in [-0.3, -0.25) is 4.79 Å². The molecule has 8 heteroatoms. The van der Waals surface area contributed by atoms with Gasteiger partial charge in [0.15, 0.2) is 0 Å². The summed E-state index contributed by atoms with van der Waals surface area (Å²) in [7, 11) is -3.55. The summed E-state index contributed by atoms with van der Waals surface area (Å²) in [5.74, 6) is -0.494. The van der Waals surface area contributed by atoms with Crippen LogP contribution in [-0.2, 0) is 20.6 Å². The van der Waals surface area contributed by atoms with Crippen LogP contribution in [0.4, 0.5) is 0 Å². The molecule has 0 radical (unpaired) electrons. The molecule has 2 rings (SSSR count). The lowest BCUT2D eigenvalue weighted by molar-refractivity contribution is -0.120. The van der Waals surface area contributed by atoms with Crippen LogP contribution in [0.5, 0.6) is 0 Å². The van der Waals surface area contributed by atoms with Crippen molar-refractivity contribution >= 4 is 33.1 Å². The Kier molecular flexibility index (Phi) is 4.92. The van der Waals surface area contributed by atoms with Crippen molar-refractivity contribution in [1.29, 1.82) is 0 Å². The van der Waals surface area contributed by atoms with E-state index in [4.69, 9.17) is 18.0 Å². The van der Waals surface area contributed by atoms with Crippen LogP contribution in [-0.4, -0.2) is 31.9 Å². The number of carbonyl (C=O) groups excluding carboxylic acids is 1. The van der Waals surface area contributed by atoms with Crippen molar-refractivity contribution in [3.05, 3.63) is 35.4 Å². The summed E-state index contributed by atoms with van der Waals surface area (Å²) >= 11 is 4.83. The fraction of sp³-hybridized carbons (Fsp3) is 0.385. The van der Waals surface area contributed by atoms with Gasteiger partial charge in [0.05, 0.1) is 12.3 Å². The molecular formula is C13H17N3O3S2. The van der Waals surface area contributed by atoms with Crippen LogP contribution in [0.25, 0.3) is 0 Å². The van der Waals surface area contributed by atoms with Crippen molar-refractivity contribution in [3.63, 3.8) is 0 Å². The van der Waals surface area contributed by atoms with Crippen LogP contribution in [0, 0.1) is 0 Å². The molecule has 0 bridgehead atoms. The van der Waals surface area contributed by atoms with Crippen LogP contribution < -0.4 is 15.8 Å². The molecule has 1 amide bonds. The molecule has 0 saturated heterocycles. The Morgan fingerprint density at radius 1 is 1.29 bits per heavy atom. The standard InChI is InChI=1S/C13H17N3O3S2/c14-13(20)10-3-1-9(2-4-10)8-21(18,19)15-7-12(17)16-11-5-6-11/h1-4,11,15H,5-8H2,(H2,14,20)(H,16,17). The highest BCUT2D eigenvalue weighted by molar-refractivity contribution is 7.88. The summed E-state index contributed by atoms with van der Waals surface area (Å²) in [5.41, 5.74) is 6.76. The molecular weight excluding hydrogens is 310 g/mol. The van der Waals surface area contributed by atoms with Crippen molar-refractivity contribution in [2.75, 3.05) is 6.54 Å². The van der Waals surface area contributed by atoms with Gasteiger partial charge in [0, 0.05) is 11.6 Å². The minimum atomic E-state index is -3.55. The lowest BCUT2D eigenvalue weighted by atomic mass is 10.1. The number of thiocarbonyl (C=S) groups is 1. The highest BCUT2D eigenvalue weighted by atomic mass is 32.2. The second-order valence-electron chi connectivity index (χ2n) is 4.98. The summed E-state index contributed by atoms with van der Waals surface area (Å²) in [6.45, 7) is -0.232. The average Bonchev–Trinajstić information content (AvgIpc) is 3.21. The van der Waals surface area contributed by atoms with Crippen LogP contribution in [0.3, 0.4) is 0 Å². The van der Waals surface area contributed by atoms with Crippen molar-refractivity contribution in [2.24, 2.45) is 5.73 Å². The second kappa shape index (κ2) is 6.50. The summed E-state index contributed by atoms with van der Waals surface area (Å²) in [6.07, 6.45) is 1.93. The van der Waals surface area contributed by atoms with E-state index in [1.807, 2.05) is 0 Å². The molecule has 6 nitrogen and oxygen atoms in total. The molecule has 114 valence electrons. The summed E-state index contributed by atoms with van der Waals surface area (Å²) < 4.78 is 26.1. The maximum atomic E-state index is 11.9. The molecule has 0 unspecified atom stereocenters. The van der Waals surface area contributed by atoms with Gasteiger partial charge < -0.3 is 11.1 Å². The van der Waals surface area contributed by atoms with Gasteiger partial charge in [0.25, 0.3) is 0 Å². The fourth-order valence-corrected chi connectivity index (χ4v) is 2.94. The third-order valence-corrected chi connectivity index (χ3v) is 4.52. The fourth-order valence-electron chi connectivity index (χ4n) is 1.72. The predicted octanol–water partition coefficient (Wildman–Crippen LogP) is 0.0188. The Balaban J connectivity index is 1.87. The van der Waals surface area contributed by atoms with E-state index in [-0.39, 0.29) is 29.2 Å². The van der Waals surface area contributed by atoms with E-state index in [2.05, 4.69) is 10.0 Å². The quantitative estimate of drug-likeness (QED) is 0.613. The van der Waals surface area contributed by atoms with Gasteiger partial charge in [-0.25, -0.2) is 13.1 Å². The first-order valence-corrected chi connectivity index (χ1v) is 8.57. The van der Waals surface area contributed by atoms with Crippen molar-refractivity contribution in [1.82, 2.24) is 10.0 Å². The molecule has 0 aromatic heterocycles. The van der Waals surface area contributed by atoms with Gasteiger partial charge in [-0.15, -0.1) is 0 Å². The Morgan fingerprint density at radius 2 is 1.90 bits per heavy atom. The predicted molar refractivity (Wildman–Crippen MR) is 84.1 cm³/mol. The van der Waals surface area contributed by atoms with E-state index in [9.17, 15) is 13.2 Å². The molecule has 1 aliphatic carbocycles. The normalized spacial score (nSPS) is 14.7. The van der Waals surface area contributed by atoms with Crippen LogP contribution in [0.15, 0.2) is 24.3 Å². The average molecular weight is 327 g/mol. The third-order valence-electron chi connectivity index (χ3n) is 2.99. The lowest BCUT2D eigenvalue weighted by Crippen LogP contribution is -2.38. The van der Waals surface area contributed by atoms with E-state index < -0.39 is 10.0 Å². The van der Waals surface area contributed by atoms with Crippen LogP contribution >= 0.6 is 12.2 Å². The van der Waals surface area contributed by atoms with Crippen molar-refractivity contribution < 1.29 is 13.2 Å². The Morgan fingerprint density at radius 3 is 2.43 bits per heavy atom. The topological polar surface area (TPSA) is 101 Å². The molecule has 0 aliphatic heterocycles. The molecule has 1 fully saturated rings. The van der Waals surface area contributed by atoms with E-state index in [1.54, 1.807) is 24.3 Å². The molecule has 1 aromatic rings. The molecule has 0 spiro atoms. The monoisotopic (exact) mass is 327 g/mol. The highest BCUT2D eigenvalue weighted by Gasteiger charge is 2.23. The zero-order valence-electron chi connectivity index (χ0n) is 11.3. The highest BCUT2D eigenvalue weighted by Crippen LogP contribution is 2.18. The number of hydrogen-bond donors (Lipinski definition) is 3. The maximum absolute atomic E-state index is 11.9. The third kappa shape index (κ3) is 5.41. The molecule has 1 saturated carbocycles. The van der Waals surface area contributed by atoms with Crippen molar-refractivity contribution in [3.8, 4) is 0 Å². The van der Waals surface area contributed by atoms with Gasteiger partial charge in [0.1, 0.15) is 4.99 Å². The number of benzene rings is 1. The SMILES string of the molecule is NC(=S)c1ccc(CS(=O)(=O)NCC(=O)NC2CC2)cc1. The molecule has 0 atom stereocenters. The zero-order chi connectivity index (χ0) is 15.5. The first kappa shape index (κ1) is 15.9. The van der Waals surface area contributed by atoms with E-state index in [0.29, 0.717) is 11.1 Å². The maximum Gasteiger partial charge on any atom is 0.235 e. The number of hydrogen-bond acceptors (Lipinski definition) is 4. The first-order valence-electron chi connectivity index (χ1n) is 6.51. The molecule has 21 heavy (non-hydrogen) atoms. The second-order valence-corrected chi connectivity index (χ2v) is 7.23. The number of carbonyl (C=O) groups is 1. The Hall–Kier alpha value is -1.51. The van der Waals surface area contributed by atoms with Gasteiger partial charge in [-0.2, -0.15) is 0 Å². The molecule has 4 N–H and O–H groups in total. The van der Waals surface area contributed by atoms with Gasteiger partial charge in [-0.1, -0.05) is 36.5 Å². The van der Waals surface area contributed by atoms with Crippen molar-refractivity contribution in [2.45, 2.75) is 24.6 Å². The summed E-state index contributed by atoms with van der Waals surface area (Å²) in [4.78, 5) is 11.7. The first-order chi connectivity index (χ1) is 9.85. The smallest absolute Gasteiger partial charge is 0.235 e. The van der Waals surface area contributed by atoms with Gasteiger partial charge in [-0.05, 0) is 18.4 Å². The van der Waals surface area contributed by atoms with Gasteiger partial charge in [0.2, 0.25) is 15.9 Å². The number of rotatable bonds is 7. The largest absolute Gasteiger partial charge is 0.389 e. The van der Waals surface area contributed by atoms with E-state index in [1.165, 1.54) is 0 Å². The van der Waals surface area contributed by atoms with Crippen LogP contribution in [0.1, 0.15) is 24.0 Å². The number of amides is 1. The number of sulfonamides is 1. The molecule has 1 aliphatic rings. The molecule has 0 heterocycles. The molecule has 1 aromatic carbocycles. The number of nitrogens with two attached hydrogens (primary N) is 1. The summed E-state index contributed by atoms with van der Waals surface area (Å²) in [6, 6.07) is 6.87. The Bertz CT molecular complexity index is 637. The Labute approximate surface area is 129 Å². The lowest BCUT2D eigenvalue weighted by Gasteiger charge is -2.08. The number of nitrogens with one attached hydrogen (secondary N) is 2. The zero-order valence-corrected chi connectivity index (χ0v) is 13.0. The van der Waals surface area contributed by atoms with E-state index in [0.717, 1.165) is 12.8 Å². The summed E-state index contributed by atoms with van der Waals surface area (Å²) in [5, 5.41) is 2.72. The van der Waals surface area contributed by atoms with Gasteiger partial charge >= 0.3 is 0 Å². The minimum Gasteiger partial charge on any atom is -0.389 e. The van der Waals surface area contributed by atoms with Crippen LogP contribution in [0.2, 0.25) is 0 Å². The van der Waals surface area contributed by atoms with E-state index >= 15 is 0 Å². The minimum absolute atomic E-state index is 0.193.